The van der Waals surface area contributed by atoms with Crippen molar-refractivity contribution in [1.29, 1.82) is 0 Å². The van der Waals surface area contributed by atoms with Crippen LogP contribution in [0.1, 0.15) is 32.3 Å². The van der Waals surface area contributed by atoms with E-state index in [9.17, 15) is 4.39 Å². The zero-order valence-electron chi connectivity index (χ0n) is 13.0. The number of hydrogen-bond donors (Lipinski definition) is 1. The van der Waals surface area contributed by atoms with Crippen LogP contribution in [0.25, 0.3) is 0 Å². The summed E-state index contributed by atoms with van der Waals surface area (Å²) in [5, 5.41) is 3.52. The first-order chi connectivity index (χ1) is 10.2. The molecule has 2 aliphatic rings. The Morgan fingerprint density at radius 1 is 1.38 bits per heavy atom. The number of nitrogens with one attached hydrogen (secondary N) is 1. The van der Waals surface area contributed by atoms with Crippen molar-refractivity contribution >= 4 is 0 Å². The lowest BCUT2D eigenvalue weighted by molar-refractivity contribution is 0.0221. The van der Waals surface area contributed by atoms with Crippen LogP contribution < -0.4 is 10.1 Å². The van der Waals surface area contributed by atoms with E-state index in [1.165, 1.54) is 6.07 Å². The van der Waals surface area contributed by atoms with Crippen molar-refractivity contribution in [3.8, 4) is 5.75 Å². The number of rotatable bonds is 4. The maximum absolute atomic E-state index is 13.3. The van der Waals surface area contributed by atoms with Gasteiger partial charge in [-0.15, -0.1) is 0 Å². The van der Waals surface area contributed by atoms with Gasteiger partial charge in [-0.3, -0.25) is 4.90 Å². The van der Waals surface area contributed by atoms with Gasteiger partial charge in [0.15, 0.2) is 0 Å². The summed E-state index contributed by atoms with van der Waals surface area (Å²) in [6.45, 7) is 8.61. The van der Waals surface area contributed by atoms with E-state index in [1.807, 2.05) is 0 Å². The number of ether oxygens (including phenoxy) is 1. The topological polar surface area (TPSA) is 24.5 Å². The molecule has 0 saturated carbocycles. The summed E-state index contributed by atoms with van der Waals surface area (Å²) in [5.41, 5.74) is 1.25. The lowest BCUT2D eigenvalue weighted by Crippen LogP contribution is -2.62. The number of hydrogen-bond acceptors (Lipinski definition) is 3. The number of nitrogens with zero attached hydrogens (tertiary/aromatic N) is 1. The summed E-state index contributed by atoms with van der Waals surface area (Å²) in [4.78, 5) is 2.58. The number of fused-ring (bicyclic) bond motifs is 1. The first-order valence-electron chi connectivity index (χ1n) is 8.07. The van der Waals surface area contributed by atoms with Crippen LogP contribution in [-0.4, -0.2) is 42.7 Å². The molecule has 1 fully saturated rings. The summed E-state index contributed by atoms with van der Waals surface area (Å²) in [5.74, 6) is 0.687. The second-order valence-corrected chi connectivity index (χ2v) is 6.25. The van der Waals surface area contributed by atoms with Gasteiger partial charge in [0.25, 0.3) is 0 Å². The molecule has 3 rings (SSSR count). The standard InChI is InChI=1S/C17H25FN2O/c1-3-17(4-2)12-19-7-8-20(17)11-15-10-13-9-14(18)5-6-16(13)21-15/h5-6,9,15,19H,3-4,7-8,10-12H2,1-2H3. The number of halogens is 1. The van der Waals surface area contributed by atoms with E-state index in [0.29, 0.717) is 0 Å². The molecule has 0 radical (unpaired) electrons. The average molecular weight is 292 g/mol. The van der Waals surface area contributed by atoms with Crippen molar-refractivity contribution in [3.05, 3.63) is 29.6 Å². The Kier molecular flexibility index (Phi) is 4.18. The van der Waals surface area contributed by atoms with Gasteiger partial charge in [-0.1, -0.05) is 13.8 Å². The molecule has 0 amide bonds. The van der Waals surface area contributed by atoms with E-state index in [2.05, 4.69) is 24.1 Å². The van der Waals surface area contributed by atoms with Gasteiger partial charge in [0.1, 0.15) is 17.7 Å². The van der Waals surface area contributed by atoms with Crippen molar-refractivity contribution < 1.29 is 9.13 Å². The molecular formula is C17H25FN2O. The molecule has 0 aromatic heterocycles. The fourth-order valence-electron chi connectivity index (χ4n) is 3.75. The van der Waals surface area contributed by atoms with Gasteiger partial charge < -0.3 is 10.1 Å². The number of piperazine rings is 1. The first-order valence-corrected chi connectivity index (χ1v) is 8.07. The van der Waals surface area contributed by atoms with Gasteiger partial charge in [0.05, 0.1) is 0 Å². The van der Waals surface area contributed by atoms with Crippen LogP contribution >= 0.6 is 0 Å². The van der Waals surface area contributed by atoms with Crippen LogP contribution in [0.2, 0.25) is 0 Å². The average Bonchev–Trinajstić information content (AvgIpc) is 2.89. The number of benzene rings is 1. The van der Waals surface area contributed by atoms with E-state index in [4.69, 9.17) is 4.74 Å². The highest BCUT2D eigenvalue weighted by Crippen LogP contribution is 2.32. The summed E-state index contributed by atoms with van der Waals surface area (Å²) in [7, 11) is 0. The molecule has 0 bridgehead atoms. The van der Waals surface area contributed by atoms with E-state index in [1.54, 1.807) is 12.1 Å². The Balaban J connectivity index is 1.69. The van der Waals surface area contributed by atoms with E-state index in [0.717, 1.165) is 56.8 Å². The van der Waals surface area contributed by atoms with Crippen LogP contribution in [0.4, 0.5) is 4.39 Å². The molecule has 0 spiro atoms. The quantitative estimate of drug-likeness (QED) is 0.923. The van der Waals surface area contributed by atoms with Crippen LogP contribution in [0.15, 0.2) is 18.2 Å². The molecule has 3 nitrogen and oxygen atoms in total. The van der Waals surface area contributed by atoms with Gasteiger partial charge >= 0.3 is 0 Å². The fourth-order valence-corrected chi connectivity index (χ4v) is 3.75. The summed E-state index contributed by atoms with van der Waals surface area (Å²) >= 11 is 0. The third-order valence-corrected chi connectivity index (χ3v) is 5.19. The zero-order chi connectivity index (χ0) is 14.9. The van der Waals surface area contributed by atoms with Gasteiger partial charge in [-0.05, 0) is 31.0 Å². The van der Waals surface area contributed by atoms with E-state index in [-0.39, 0.29) is 17.5 Å². The van der Waals surface area contributed by atoms with Gasteiger partial charge in [0.2, 0.25) is 0 Å². The van der Waals surface area contributed by atoms with Crippen molar-refractivity contribution in [2.75, 3.05) is 26.2 Å². The van der Waals surface area contributed by atoms with Crippen molar-refractivity contribution in [2.24, 2.45) is 0 Å². The van der Waals surface area contributed by atoms with Crippen molar-refractivity contribution in [1.82, 2.24) is 10.2 Å². The largest absolute Gasteiger partial charge is 0.488 e. The molecule has 116 valence electrons. The van der Waals surface area contributed by atoms with Crippen molar-refractivity contribution in [2.45, 2.75) is 44.8 Å². The van der Waals surface area contributed by atoms with E-state index >= 15 is 0 Å². The lowest BCUT2D eigenvalue weighted by Gasteiger charge is -2.47. The minimum atomic E-state index is -0.170. The molecule has 2 heterocycles. The third-order valence-electron chi connectivity index (χ3n) is 5.19. The summed E-state index contributed by atoms with van der Waals surface area (Å²) in [6.07, 6.45) is 3.26. The Labute approximate surface area is 126 Å². The summed E-state index contributed by atoms with van der Waals surface area (Å²) < 4.78 is 19.3. The second kappa shape index (κ2) is 5.93. The molecule has 1 saturated heterocycles. The Morgan fingerprint density at radius 3 is 2.95 bits per heavy atom. The predicted octanol–water partition coefficient (Wildman–Crippen LogP) is 2.59. The highest BCUT2D eigenvalue weighted by Gasteiger charge is 2.38. The maximum atomic E-state index is 13.3. The minimum absolute atomic E-state index is 0.150. The molecule has 1 aromatic rings. The maximum Gasteiger partial charge on any atom is 0.123 e. The Hall–Kier alpha value is -1.13. The molecule has 2 aliphatic heterocycles. The smallest absolute Gasteiger partial charge is 0.123 e. The second-order valence-electron chi connectivity index (χ2n) is 6.25. The molecular weight excluding hydrogens is 267 g/mol. The zero-order valence-corrected chi connectivity index (χ0v) is 13.0. The predicted molar refractivity (Wildman–Crippen MR) is 82.3 cm³/mol. The normalized spacial score (nSPS) is 24.6. The Bertz CT molecular complexity index is 502. The van der Waals surface area contributed by atoms with Gasteiger partial charge in [-0.25, -0.2) is 4.39 Å². The van der Waals surface area contributed by atoms with Gasteiger partial charge in [0, 0.05) is 43.7 Å². The Morgan fingerprint density at radius 2 is 2.19 bits per heavy atom. The highest BCUT2D eigenvalue weighted by atomic mass is 19.1. The van der Waals surface area contributed by atoms with Crippen LogP contribution in [-0.2, 0) is 6.42 Å². The van der Waals surface area contributed by atoms with Crippen LogP contribution in [0, 0.1) is 5.82 Å². The molecule has 0 aliphatic carbocycles. The first kappa shape index (κ1) is 14.8. The van der Waals surface area contributed by atoms with Gasteiger partial charge in [-0.2, -0.15) is 0 Å². The third kappa shape index (κ3) is 2.79. The lowest BCUT2D eigenvalue weighted by atomic mass is 9.88. The molecule has 21 heavy (non-hydrogen) atoms. The van der Waals surface area contributed by atoms with E-state index < -0.39 is 0 Å². The molecule has 1 aromatic carbocycles. The molecule has 4 heteroatoms. The van der Waals surface area contributed by atoms with Crippen LogP contribution in [0.5, 0.6) is 5.75 Å². The monoisotopic (exact) mass is 292 g/mol. The SMILES string of the molecule is CCC1(CC)CNCCN1CC1Cc2cc(F)ccc2O1. The fraction of sp³-hybridized carbons (Fsp3) is 0.647. The minimum Gasteiger partial charge on any atom is -0.488 e. The van der Waals surface area contributed by atoms with Crippen LogP contribution in [0.3, 0.4) is 0 Å². The van der Waals surface area contributed by atoms with Crippen molar-refractivity contribution in [3.63, 3.8) is 0 Å². The highest BCUT2D eigenvalue weighted by molar-refractivity contribution is 5.38. The molecule has 1 N–H and O–H groups in total. The summed E-state index contributed by atoms with van der Waals surface area (Å²) in [6, 6.07) is 4.85. The molecule has 1 unspecified atom stereocenters. The molecule has 1 atom stereocenters.